The molecular weight excluding hydrogens is 444 g/mol. The van der Waals surface area contributed by atoms with Crippen LogP contribution in [0.3, 0.4) is 0 Å². The molecule has 1 aliphatic rings. The van der Waals surface area contributed by atoms with Crippen LogP contribution in [0.2, 0.25) is 0 Å². The van der Waals surface area contributed by atoms with Crippen molar-refractivity contribution in [2.45, 2.75) is 69.9 Å². The maximum atomic E-state index is 13.9. The molecule has 1 atom stereocenters. The van der Waals surface area contributed by atoms with Crippen LogP contribution in [0, 0.1) is 0 Å². The van der Waals surface area contributed by atoms with Crippen molar-refractivity contribution in [2.75, 3.05) is 6.54 Å². The molecule has 0 saturated heterocycles. The molecule has 0 bridgehead atoms. The van der Waals surface area contributed by atoms with Crippen molar-refractivity contribution in [1.82, 2.24) is 10.2 Å². The van der Waals surface area contributed by atoms with E-state index in [9.17, 15) is 9.59 Å². The monoisotopic (exact) mass is 482 g/mol. The van der Waals surface area contributed by atoms with Crippen LogP contribution < -0.4 is 5.32 Å². The zero-order valence-electron chi connectivity index (χ0n) is 21.3. The summed E-state index contributed by atoms with van der Waals surface area (Å²) >= 11 is 0. The number of rotatable bonds is 10. The minimum Gasteiger partial charge on any atom is -0.352 e. The van der Waals surface area contributed by atoms with E-state index in [-0.39, 0.29) is 23.8 Å². The van der Waals surface area contributed by atoms with Crippen molar-refractivity contribution in [2.24, 2.45) is 0 Å². The van der Waals surface area contributed by atoms with Gasteiger partial charge in [0.05, 0.1) is 0 Å². The molecule has 0 spiro atoms. The van der Waals surface area contributed by atoms with Gasteiger partial charge >= 0.3 is 0 Å². The molecule has 4 heteroatoms. The van der Waals surface area contributed by atoms with Gasteiger partial charge in [-0.2, -0.15) is 0 Å². The third kappa shape index (κ3) is 7.07. The van der Waals surface area contributed by atoms with Gasteiger partial charge in [0.15, 0.2) is 0 Å². The molecule has 3 aromatic carbocycles. The molecule has 4 rings (SSSR count). The van der Waals surface area contributed by atoms with Gasteiger partial charge in [0.25, 0.3) is 0 Å². The Balaban J connectivity index is 1.54. The van der Waals surface area contributed by atoms with Crippen LogP contribution >= 0.6 is 0 Å². The summed E-state index contributed by atoms with van der Waals surface area (Å²) in [6.45, 7) is 2.39. The third-order valence-corrected chi connectivity index (χ3v) is 7.39. The van der Waals surface area contributed by atoms with Crippen molar-refractivity contribution in [1.29, 1.82) is 0 Å². The minimum absolute atomic E-state index is 0.00920. The quantitative estimate of drug-likeness (QED) is 0.379. The van der Waals surface area contributed by atoms with Crippen LogP contribution in [0.5, 0.6) is 0 Å². The number of carbonyl (C=O) groups is 2. The normalized spacial score (nSPS) is 14.8. The van der Waals surface area contributed by atoms with Crippen LogP contribution in [-0.4, -0.2) is 35.3 Å². The summed E-state index contributed by atoms with van der Waals surface area (Å²) < 4.78 is 0. The van der Waals surface area contributed by atoms with E-state index in [1.165, 1.54) is 6.42 Å². The zero-order valence-corrected chi connectivity index (χ0v) is 21.3. The van der Waals surface area contributed by atoms with Crippen molar-refractivity contribution in [3.05, 3.63) is 108 Å². The molecule has 1 saturated carbocycles. The van der Waals surface area contributed by atoms with E-state index in [0.29, 0.717) is 13.0 Å². The Labute approximate surface area is 215 Å². The molecular formula is C32H38N2O2. The Morgan fingerprint density at radius 3 is 1.89 bits per heavy atom. The second-order valence-corrected chi connectivity index (χ2v) is 9.92. The number of amides is 2. The number of benzene rings is 3. The molecule has 4 nitrogen and oxygen atoms in total. The molecule has 0 radical (unpaired) electrons. The van der Waals surface area contributed by atoms with Crippen molar-refractivity contribution < 1.29 is 9.59 Å². The Morgan fingerprint density at radius 1 is 0.806 bits per heavy atom. The van der Waals surface area contributed by atoms with Gasteiger partial charge < -0.3 is 10.2 Å². The first-order valence-electron chi connectivity index (χ1n) is 13.4. The molecule has 188 valence electrons. The number of hydrogen-bond donors (Lipinski definition) is 1. The number of nitrogens with one attached hydrogen (secondary N) is 1. The van der Waals surface area contributed by atoms with E-state index in [0.717, 1.165) is 48.8 Å². The van der Waals surface area contributed by atoms with E-state index in [1.807, 2.05) is 61.5 Å². The number of carbonyl (C=O) groups excluding carboxylic acids is 2. The molecule has 36 heavy (non-hydrogen) atoms. The fourth-order valence-corrected chi connectivity index (χ4v) is 5.23. The minimum atomic E-state index is -0.518. The lowest BCUT2D eigenvalue weighted by Gasteiger charge is -2.32. The summed E-state index contributed by atoms with van der Waals surface area (Å²) in [6.07, 6.45) is 6.65. The smallest absolute Gasteiger partial charge is 0.242 e. The highest BCUT2D eigenvalue weighted by molar-refractivity contribution is 5.88. The summed E-state index contributed by atoms with van der Waals surface area (Å²) in [5.74, 6) is -0.0954. The van der Waals surface area contributed by atoms with Gasteiger partial charge in [0.1, 0.15) is 6.04 Å². The lowest BCUT2D eigenvalue weighted by molar-refractivity contribution is -0.140. The second kappa shape index (κ2) is 13.1. The fourth-order valence-electron chi connectivity index (χ4n) is 5.23. The van der Waals surface area contributed by atoms with Gasteiger partial charge in [-0.05, 0) is 42.9 Å². The summed E-state index contributed by atoms with van der Waals surface area (Å²) in [6, 6.07) is 30.3. The molecule has 1 N–H and O–H groups in total. The molecule has 0 aromatic heterocycles. The van der Waals surface area contributed by atoms with Crippen molar-refractivity contribution >= 4 is 11.8 Å². The Morgan fingerprint density at radius 2 is 1.33 bits per heavy atom. The zero-order chi connectivity index (χ0) is 25.2. The maximum Gasteiger partial charge on any atom is 0.242 e. The second-order valence-electron chi connectivity index (χ2n) is 9.92. The SMILES string of the molecule is C[C@@H](C(=O)NC1CCCCC1)N(CCc1ccccc1)C(=O)CC(c1ccccc1)c1ccccc1. The van der Waals surface area contributed by atoms with Crippen LogP contribution in [0.25, 0.3) is 0 Å². The van der Waals surface area contributed by atoms with Gasteiger partial charge in [0, 0.05) is 24.9 Å². The molecule has 0 aliphatic heterocycles. The lowest BCUT2D eigenvalue weighted by Crippen LogP contribution is -2.51. The van der Waals surface area contributed by atoms with Crippen molar-refractivity contribution in [3.8, 4) is 0 Å². The van der Waals surface area contributed by atoms with E-state index < -0.39 is 6.04 Å². The fraction of sp³-hybridized carbons (Fsp3) is 0.375. The van der Waals surface area contributed by atoms with Crippen LogP contribution in [0.15, 0.2) is 91.0 Å². The summed E-state index contributed by atoms with van der Waals surface area (Å²) in [7, 11) is 0. The third-order valence-electron chi connectivity index (χ3n) is 7.39. The maximum absolute atomic E-state index is 13.9. The first-order valence-corrected chi connectivity index (χ1v) is 13.4. The van der Waals surface area contributed by atoms with Gasteiger partial charge in [-0.3, -0.25) is 9.59 Å². The number of hydrogen-bond acceptors (Lipinski definition) is 2. The molecule has 1 fully saturated rings. The Bertz CT molecular complexity index is 1040. The van der Waals surface area contributed by atoms with E-state index in [2.05, 4.69) is 41.7 Å². The highest BCUT2D eigenvalue weighted by Gasteiger charge is 2.30. The van der Waals surface area contributed by atoms with Gasteiger partial charge in [-0.1, -0.05) is 110 Å². The largest absolute Gasteiger partial charge is 0.352 e. The lowest BCUT2D eigenvalue weighted by atomic mass is 9.88. The molecule has 2 amide bonds. The molecule has 3 aromatic rings. The average Bonchev–Trinajstić information content (AvgIpc) is 2.93. The van der Waals surface area contributed by atoms with Gasteiger partial charge in [-0.25, -0.2) is 0 Å². The topological polar surface area (TPSA) is 49.4 Å². The van der Waals surface area contributed by atoms with E-state index in [4.69, 9.17) is 0 Å². The Kier molecular flexibility index (Phi) is 9.32. The van der Waals surface area contributed by atoms with Gasteiger partial charge in [0.2, 0.25) is 11.8 Å². The van der Waals surface area contributed by atoms with Gasteiger partial charge in [-0.15, -0.1) is 0 Å². The highest BCUT2D eigenvalue weighted by atomic mass is 16.2. The summed E-state index contributed by atoms with van der Waals surface area (Å²) in [5.41, 5.74) is 3.39. The first-order chi connectivity index (χ1) is 17.6. The van der Waals surface area contributed by atoms with Crippen LogP contribution in [-0.2, 0) is 16.0 Å². The standard InChI is InChI=1S/C32H38N2O2/c1-25(32(36)33-29-20-12-5-13-21-29)34(23-22-26-14-6-2-7-15-26)31(35)24-30(27-16-8-3-9-17-27)28-18-10-4-11-19-28/h2-4,6-11,14-19,25,29-30H,5,12-13,20-24H2,1H3,(H,33,36)/t25-/m0/s1. The van der Waals surface area contributed by atoms with Crippen LogP contribution in [0.1, 0.15) is 68.1 Å². The average molecular weight is 483 g/mol. The first kappa shape index (κ1) is 25.7. The van der Waals surface area contributed by atoms with Crippen molar-refractivity contribution in [3.63, 3.8) is 0 Å². The molecule has 1 aliphatic carbocycles. The highest BCUT2D eigenvalue weighted by Crippen LogP contribution is 2.29. The van der Waals surface area contributed by atoms with Crippen LogP contribution in [0.4, 0.5) is 0 Å². The number of nitrogens with zero attached hydrogens (tertiary/aromatic N) is 1. The molecule has 0 unspecified atom stereocenters. The summed E-state index contributed by atoms with van der Waals surface area (Å²) in [4.78, 5) is 29.0. The Hall–Kier alpha value is -3.40. The predicted molar refractivity (Wildman–Crippen MR) is 146 cm³/mol. The summed E-state index contributed by atoms with van der Waals surface area (Å²) in [5, 5.41) is 3.24. The van der Waals surface area contributed by atoms with E-state index >= 15 is 0 Å². The molecule has 0 heterocycles. The van der Waals surface area contributed by atoms with E-state index in [1.54, 1.807) is 4.90 Å². The predicted octanol–water partition coefficient (Wildman–Crippen LogP) is 6.12.